The summed E-state index contributed by atoms with van der Waals surface area (Å²) in [5.41, 5.74) is 0.940. The molecule has 17 heavy (non-hydrogen) atoms. The summed E-state index contributed by atoms with van der Waals surface area (Å²) >= 11 is 5.15. The van der Waals surface area contributed by atoms with Gasteiger partial charge in [-0.3, -0.25) is 0 Å². The van der Waals surface area contributed by atoms with Gasteiger partial charge in [0.15, 0.2) is 5.11 Å². The van der Waals surface area contributed by atoms with Crippen LogP contribution in [0.25, 0.3) is 0 Å². The predicted molar refractivity (Wildman–Crippen MR) is 73.7 cm³/mol. The molecule has 1 aromatic rings. The van der Waals surface area contributed by atoms with Crippen LogP contribution < -0.4 is 15.4 Å². The Morgan fingerprint density at radius 3 is 2.53 bits per heavy atom. The molecule has 94 valence electrons. The first-order valence-electron chi connectivity index (χ1n) is 5.44. The van der Waals surface area contributed by atoms with Gasteiger partial charge in [-0.25, -0.2) is 0 Å². The van der Waals surface area contributed by atoms with E-state index in [4.69, 9.17) is 21.7 Å². The molecule has 0 atom stereocenters. The van der Waals surface area contributed by atoms with E-state index in [0.29, 0.717) is 5.11 Å². The van der Waals surface area contributed by atoms with Crippen molar-refractivity contribution in [2.24, 2.45) is 0 Å². The van der Waals surface area contributed by atoms with Gasteiger partial charge >= 0.3 is 0 Å². The van der Waals surface area contributed by atoms with Crippen molar-refractivity contribution in [3.8, 4) is 5.75 Å². The molecular formula is C12H18N2O2S. The number of thiocarbonyl (C=S) groups is 1. The molecule has 0 aromatic heterocycles. The third-order valence-electron chi connectivity index (χ3n) is 2.16. The van der Waals surface area contributed by atoms with E-state index in [-0.39, 0.29) is 0 Å². The van der Waals surface area contributed by atoms with Crippen molar-refractivity contribution in [3.05, 3.63) is 24.3 Å². The van der Waals surface area contributed by atoms with E-state index in [1.54, 1.807) is 14.2 Å². The number of methoxy groups -OCH3 is 2. The molecule has 0 radical (unpaired) electrons. The van der Waals surface area contributed by atoms with Gasteiger partial charge in [0.25, 0.3) is 0 Å². The Morgan fingerprint density at radius 1 is 1.24 bits per heavy atom. The van der Waals surface area contributed by atoms with Gasteiger partial charge in [-0.1, -0.05) is 0 Å². The van der Waals surface area contributed by atoms with Crippen LogP contribution in [0.3, 0.4) is 0 Å². The highest BCUT2D eigenvalue weighted by molar-refractivity contribution is 7.80. The van der Waals surface area contributed by atoms with Crippen molar-refractivity contribution in [2.75, 3.05) is 32.7 Å². The van der Waals surface area contributed by atoms with Crippen molar-refractivity contribution in [3.63, 3.8) is 0 Å². The first kappa shape index (κ1) is 13.7. The number of hydrogen-bond donors (Lipinski definition) is 2. The maximum Gasteiger partial charge on any atom is 0.170 e. The van der Waals surface area contributed by atoms with E-state index < -0.39 is 0 Å². The zero-order chi connectivity index (χ0) is 12.5. The van der Waals surface area contributed by atoms with Crippen LogP contribution in [0.4, 0.5) is 5.69 Å². The summed E-state index contributed by atoms with van der Waals surface area (Å²) in [4.78, 5) is 0. The van der Waals surface area contributed by atoms with Gasteiger partial charge in [0.1, 0.15) is 5.75 Å². The minimum absolute atomic E-state index is 0.617. The quantitative estimate of drug-likeness (QED) is 0.600. The van der Waals surface area contributed by atoms with E-state index in [0.717, 1.165) is 31.0 Å². The molecule has 0 saturated heterocycles. The molecular weight excluding hydrogens is 236 g/mol. The van der Waals surface area contributed by atoms with E-state index >= 15 is 0 Å². The van der Waals surface area contributed by atoms with Crippen LogP contribution in [-0.2, 0) is 4.74 Å². The topological polar surface area (TPSA) is 42.5 Å². The molecule has 1 aromatic carbocycles. The molecule has 0 aliphatic rings. The van der Waals surface area contributed by atoms with Crippen molar-refractivity contribution >= 4 is 23.0 Å². The van der Waals surface area contributed by atoms with Crippen molar-refractivity contribution in [1.82, 2.24) is 5.32 Å². The summed E-state index contributed by atoms with van der Waals surface area (Å²) < 4.78 is 10.0. The second-order valence-corrected chi connectivity index (χ2v) is 3.86. The van der Waals surface area contributed by atoms with Crippen molar-refractivity contribution < 1.29 is 9.47 Å². The van der Waals surface area contributed by atoms with Crippen LogP contribution in [0, 0.1) is 0 Å². The summed E-state index contributed by atoms with van der Waals surface area (Å²) in [6.07, 6.45) is 0.931. The lowest BCUT2D eigenvalue weighted by molar-refractivity contribution is 0.196. The number of ether oxygens (including phenoxy) is 2. The molecule has 0 saturated carbocycles. The van der Waals surface area contributed by atoms with Crippen molar-refractivity contribution in [1.29, 1.82) is 0 Å². The minimum atomic E-state index is 0.617. The smallest absolute Gasteiger partial charge is 0.170 e. The Kier molecular flexibility index (Phi) is 6.35. The fraction of sp³-hybridized carbons (Fsp3) is 0.417. The second-order valence-electron chi connectivity index (χ2n) is 3.46. The number of benzene rings is 1. The minimum Gasteiger partial charge on any atom is -0.497 e. The van der Waals surface area contributed by atoms with E-state index in [2.05, 4.69) is 10.6 Å². The molecule has 0 aliphatic carbocycles. The molecule has 0 spiro atoms. The molecule has 0 aliphatic heterocycles. The second kappa shape index (κ2) is 7.86. The van der Waals surface area contributed by atoms with E-state index in [1.165, 1.54) is 0 Å². The summed E-state index contributed by atoms with van der Waals surface area (Å²) in [5.74, 6) is 0.828. The number of rotatable bonds is 6. The first-order chi connectivity index (χ1) is 8.26. The fourth-order valence-electron chi connectivity index (χ4n) is 1.27. The molecule has 0 bridgehead atoms. The fourth-order valence-corrected chi connectivity index (χ4v) is 1.49. The maximum absolute atomic E-state index is 5.15. The highest BCUT2D eigenvalue weighted by atomic mass is 32.1. The number of hydrogen-bond acceptors (Lipinski definition) is 3. The average molecular weight is 254 g/mol. The monoisotopic (exact) mass is 254 g/mol. The summed E-state index contributed by atoms with van der Waals surface area (Å²) in [7, 11) is 3.33. The SMILES string of the molecule is COCCCNC(=S)Nc1ccc(OC)cc1. The van der Waals surface area contributed by atoms with Crippen LogP contribution in [0.1, 0.15) is 6.42 Å². The van der Waals surface area contributed by atoms with Gasteiger partial charge in [-0.05, 0) is 42.9 Å². The Hall–Kier alpha value is -1.33. The molecule has 4 nitrogen and oxygen atoms in total. The molecule has 0 amide bonds. The van der Waals surface area contributed by atoms with Gasteiger partial charge in [0, 0.05) is 25.9 Å². The summed E-state index contributed by atoms with van der Waals surface area (Å²) in [5, 5.41) is 6.81. The highest BCUT2D eigenvalue weighted by Crippen LogP contribution is 2.14. The van der Waals surface area contributed by atoms with Gasteiger partial charge in [0.2, 0.25) is 0 Å². The highest BCUT2D eigenvalue weighted by Gasteiger charge is 1.97. The number of nitrogens with one attached hydrogen (secondary N) is 2. The summed E-state index contributed by atoms with van der Waals surface area (Å²) in [6.45, 7) is 1.54. The lowest BCUT2D eigenvalue weighted by Gasteiger charge is -2.10. The van der Waals surface area contributed by atoms with Crippen LogP contribution >= 0.6 is 12.2 Å². The molecule has 5 heteroatoms. The Morgan fingerprint density at radius 2 is 1.94 bits per heavy atom. The molecule has 0 unspecified atom stereocenters. The van der Waals surface area contributed by atoms with Gasteiger partial charge in [0.05, 0.1) is 7.11 Å². The van der Waals surface area contributed by atoms with E-state index in [9.17, 15) is 0 Å². The Balaban J connectivity index is 2.29. The van der Waals surface area contributed by atoms with Crippen LogP contribution in [0.5, 0.6) is 5.75 Å². The normalized spacial score (nSPS) is 9.76. The summed E-state index contributed by atoms with van der Waals surface area (Å²) in [6, 6.07) is 7.61. The van der Waals surface area contributed by atoms with Crippen molar-refractivity contribution in [2.45, 2.75) is 6.42 Å². The largest absolute Gasteiger partial charge is 0.497 e. The Bertz CT molecular complexity index is 341. The molecule has 1 rings (SSSR count). The Labute approximate surface area is 107 Å². The lowest BCUT2D eigenvalue weighted by atomic mass is 10.3. The van der Waals surface area contributed by atoms with Crippen LogP contribution in [0.15, 0.2) is 24.3 Å². The third-order valence-corrected chi connectivity index (χ3v) is 2.41. The van der Waals surface area contributed by atoms with Gasteiger partial charge in [-0.15, -0.1) is 0 Å². The molecule has 0 fully saturated rings. The molecule has 2 N–H and O–H groups in total. The van der Waals surface area contributed by atoms with Crippen LogP contribution in [-0.4, -0.2) is 32.5 Å². The van der Waals surface area contributed by atoms with Gasteiger partial charge in [-0.2, -0.15) is 0 Å². The lowest BCUT2D eigenvalue weighted by Crippen LogP contribution is -2.29. The average Bonchev–Trinajstić information content (AvgIpc) is 2.36. The zero-order valence-electron chi connectivity index (χ0n) is 10.2. The zero-order valence-corrected chi connectivity index (χ0v) is 11.0. The molecule has 0 heterocycles. The number of anilines is 1. The van der Waals surface area contributed by atoms with E-state index in [1.807, 2.05) is 24.3 Å². The maximum atomic E-state index is 5.15. The first-order valence-corrected chi connectivity index (χ1v) is 5.85. The van der Waals surface area contributed by atoms with Crippen LogP contribution in [0.2, 0.25) is 0 Å². The standard InChI is InChI=1S/C12H18N2O2S/c1-15-9-3-8-13-12(17)14-10-4-6-11(16-2)7-5-10/h4-7H,3,8-9H2,1-2H3,(H2,13,14,17). The van der Waals surface area contributed by atoms with Gasteiger partial charge < -0.3 is 20.1 Å². The third kappa shape index (κ3) is 5.51. The predicted octanol–water partition coefficient (Wildman–Crippen LogP) is 2.02.